The van der Waals surface area contributed by atoms with Crippen LogP contribution in [0, 0.1) is 0 Å². The molecule has 0 fully saturated rings. The van der Waals surface area contributed by atoms with Gasteiger partial charge >= 0.3 is 5.97 Å². The van der Waals surface area contributed by atoms with Crippen molar-refractivity contribution in [2.75, 3.05) is 6.61 Å². The maximum Gasteiger partial charge on any atom is 0.306 e. The van der Waals surface area contributed by atoms with Gasteiger partial charge in [0, 0.05) is 6.42 Å². The van der Waals surface area contributed by atoms with Gasteiger partial charge in [-0.05, 0) is 70.6 Å². The lowest BCUT2D eigenvalue weighted by Crippen LogP contribution is -2.46. The number of aliphatic hydroxyl groups is 2. The minimum absolute atomic E-state index is 0.0490. The molecule has 0 bridgehead atoms. The quantitative estimate of drug-likeness (QED) is 0.0245. The van der Waals surface area contributed by atoms with Crippen molar-refractivity contribution >= 4 is 11.9 Å². The summed E-state index contributed by atoms with van der Waals surface area (Å²) >= 11 is 0. The molecule has 0 spiro atoms. The molecular formula is C56H103NO5. The summed E-state index contributed by atoms with van der Waals surface area (Å²) in [7, 11) is 0. The van der Waals surface area contributed by atoms with Gasteiger partial charge in [0.1, 0.15) is 6.10 Å². The Morgan fingerprint density at radius 2 is 0.855 bits per heavy atom. The predicted molar refractivity (Wildman–Crippen MR) is 269 cm³/mol. The lowest BCUT2D eigenvalue weighted by molar-refractivity contribution is -0.151. The number of unbranched alkanes of at least 4 members (excludes halogenated alkanes) is 30. The number of rotatable bonds is 48. The van der Waals surface area contributed by atoms with E-state index in [2.05, 4.69) is 74.7 Å². The van der Waals surface area contributed by atoms with E-state index in [1.807, 2.05) is 0 Å². The zero-order valence-corrected chi connectivity index (χ0v) is 41.3. The van der Waals surface area contributed by atoms with Crippen molar-refractivity contribution in [3.05, 3.63) is 48.6 Å². The second-order valence-corrected chi connectivity index (χ2v) is 18.3. The Balaban J connectivity index is 4.56. The number of nitrogens with one attached hydrogen (secondary N) is 1. The Kier molecular flexibility index (Phi) is 48.1. The molecular weight excluding hydrogens is 767 g/mol. The predicted octanol–water partition coefficient (Wildman–Crippen LogP) is 16.2. The minimum Gasteiger partial charge on any atom is -0.462 e. The molecule has 0 heterocycles. The van der Waals surface area contributed by atoms with Crippen LogP contribution in [0.5, 0.6) is 0 Å². The monoisotopic (exact) mass is 870 g/mol. The Bertz CT molecular complexity index is 1070. The van der Waals surface area contributed by atoms with Crippen molar-refractivity contribution in [3.8, 4) is 0 Å². The fourth-order valence-electron chi connectivity index (χ4n) is 8.08. The first kappa shape index (κ1) is 59.8. The third-order valence-electron chi connectivity index (χ3n) is 12.2. The highest BCUT2D eigenvalue weighted by Crippen LogP contribution is 2.17. The summed E-state index contributed by atoms with van der Waals surface area (Å²) in [5, 5.41) is 23.8. The van der Waals surface area contributed by atoms with Gasteiger partial charge in [0.25, 0.3) is 0 Å². The van der Waals surface area contributed by atoms with Crippen LogP contribution in [0.25, 0.3) is 0 Å². The Labute approximate surface area is 385 Å². The molecule has 3 unspecified atom stereocenters. The summed E-state index contributed by atoms with van der Waals surface area (Å²) in [5.41, 5.74) is 0. The maximum absolute atomic E-state index is 13.2. The van der Waals surface area contributed by atoms with Crippen molar-refractivity contribution in [1.29, 1.82) is 0 Å². The normalized spacial score (nSPS) is 13.6. The van der Waals surface area contributed by atoms with E-state index in [0.717, 1.165) is 77.0 Å². The van der Waals surface area contributed by atoms with Crippen molar-refractivity contribution in [2.45, 2.75) is 289 Å². The average molecular weight is 870 g/mol. The van der Waals surface area contributed by atoms with Crippen LogP contribution in [0.2, 0.25) is 0 Å². The van der Waals surface area contributed by atoms with Gasteiger partial charge in [-0.15, -0.1) is 0 Å². The van der Waals surface area contributed by atoms with Crippen LogP contribution in [0.4, 0.5) is 0 Å². The van der Waals surface area contributed by atoms with Crippen molar-refractivity contribution in [2.24, 2.45) is 0 Å². The standard InChI is InChI=1S/C56H103NO5/c1-4-7-10-13-16-19-22-24-26-27-28-29-31-34-37-40-43-46-49-56(61)62-52(47-44-41-38-35-32-21-18-15-12-9-6-3)50-55(60)57-53(51-58)54(59)48-45-42-39-36-33-30-25-23-20-17-14-11-8-5-2/h22,24,26-29,35,38,52-54,58-59H,4-21,23,25,30-34,36-37,39-51H2,1-3H3,(H,57,60)/b24-22+,27-26+,29-28+,38-35-. The third kappa shape index (κ3) is 44.4. The first-order valence-electron chi connectivity index (χ1n) is 26.9. The Hall–Kier alpha value is -2.18. The highest BCUT2D eigenvalue weighted by Gasteiger charge is 2.24. The number of ether oxygens (including phenoxy) is 1. The molecule has 62 heavy (non-hydrogen) atoms. The minimum atomic E-state index is -0.797. The van der Waals surface area contributed by atoms with Crippen LogP contribution >= 0.6 is 0 Å². The van der Waals surface area contributed by atoms with Crippen LogP contribution in [-0.2, 0) is 14.3 Å². The lowest BCUT2D eigenvalue weighted by Gasteiger charge is -2.24. The van der Waals surface area contributed by atoms with Gasteiger partial charge in [-0.1, -0.05) is 236 Å². The van der Waals surface area contributed by atoms with Crippen molar-refractivity contribution in [1.82, 2.24) is 5.32 Å². The summed E-state index contributed by atoms with van der Waals surface area (Å²) in [6.07, 6.45) is 60.3. The van der Waals surface area contributed by atoms with Gasteiger partial charge in [-0.2, -0.15) is 0 Å². The number of amides is 1. The Morgan fingerprint density at radius 3 is 1.31 bits per heavy atom. The fraction of sp³-hybridized carbons (Fsp3) is 0.821. The van der Waals surface area contributed by atoms with E-state index in [0.29, 0.717) is 19.3 Å². The van der Waals surface area contributed by atoms with E-state index in [9.17, 15) is 19.8 Å². The smallest absolute Gasteiger partial charge is 0.306 e. The van der Waals surface area contributed by atoms with Crippen LogP contribution < -0.4 is 5.32 Å². The van der Waals surface area contributed by atoms with Crippen molar-refractivity contribution in [3.63, 3.8) is 0 Å². The number of hydrogen-bond donors (Lipinski definition) is 3. The van der Waals surface area contributed by atoms with Gasteiger partial charge in [0.2, 0.25) is 5.91 Å². The number of carbonyl (C=O) groups excluding carboxylic acids is 2. The van der Waals surface area contributed by atoms with E-state index in [4.69, 9.17) is 4.74 Å². The van der Waals surface area contributed by atoms with Gasteiger partial charge in [0.05, 0.1) is 25.2 Å². The zero-order chi connectivity index (χ0) is 45.2. The van der Waals surface area contributed by atoms with Crippen LogP contribution in [0.1, 0.15) is 271 Å². The molecule has 6 nitrogen and oxygen atoms in total. The molecule has 0 aliphatic heterocycles. The van der Waals surface area contributed by atoms with Gasteiger partial charge in [-0.25, -0.2) is 0 Å². The van der Waals surface area contributed by atoms with E-state index in [1.165, 1.54) is 148 Å². The molecule has 0 aliphatic rings. The molecule has 0 aromatic heterocycles. The van der Waals surface area contributed by atoms with Gasteiger partial charge in [0.15, 0.2) is 0 Å². The molecule has 6 heteroatoms. The molecule has 1 amide bonds. The van der Waals surface area contributed by atoms with E-state index >= 15 is 0 Å². The maximum atomic E-state index is 13.2. The highest BCUT2D eigenvalue weighted by atomic mass is 16.5. The molecule has 0 rings (SSSR count). The number of aliphatic hydroxyl groups excluding tert-OH is 2. The van der Waals surface area contributed by atoms with Crippen LogP contribution in [-0.4, -0.2) is 46.9 Å². The topological polar surface area (TPSA) is 95.9 Å². The molecule has 3 N–H and O–H groups in total. The zero-order valence-electron chi connectivity index (χ0n) is 41.3. The summed E-state index contributed by atoms with van der Waals surface area (Å²) < 4.78 is 5.91. The third-order valence-corrected chi connectivity index (χ3v) is 12.2. The molecule has 362 valence electrons. The first-order chi connectivity index (χ1) is 30.5. The molecule has 0 radical (unpaired) electrons. The lowest BCUT2D eigenvalue weighted by atomic mass is 10.0. The van der Waals surface area contributed by atoms with Crippen molar-refractivity contribution < 1.29 is 24.5 Å². The second kappa shape index (κ2) is 49.8. The number of esters is 1. The SMILES string of the molecule is CCCCCCC/C=C/C=C/C=C/CCCCCCCC(=O)OC(CCC/C=C\CCCCCCCC)CC(=O)NC(CO)C(O)CCCCCCCCCCCCCCCC. The molecule has 0 saturated carbocycles. The highest BCUT2D eigenvalue weighted by molar-refractivity contribution is 5.77. The van der Waals surface area contributed by atoms with E-state index in [-0.39, 0.29) is 24.9 Å². The fourth-order valence-corrected chi connectivity index (χ4v) is 8.08. The van der Waals surface area contributed by atoms with Crippen LogP contribution in [0.15, 0.2) is 48.6 Å². The molecule has 3 atom stereocenters. The summed E-state index contributed by atoms with van der Waals surface area (Å²) in [5.74, 6) is -0.520. The number of carbonyl (C=O) groups is 2. The summed E-state index contributed by atoms with van der Waals surface area (Å²) in [4.78, 5) is 26.1. The molecule has 0 saturated heterocycles. The van der Waals surface area contributed by atoms with E-state index in [1.54, 1.807) is 0 Å². The summed E-state index contributed by atoms with van der Waals surface area (Å²) in [6.45, 7) is 6.46. The molecule has 0 aromatic rings. The molecule has 0 aliphatic carbocycles. The second-order valence-electron chi connectivity index (χ2n) is 18.3. The number of hydrogen-bond acceptors (Lipinski definition) is 5. The van der Waals surface area contributed by atoms with E-state index < -0.39 is 18.2 Å². The number of allylic oxidation sites excluding steroid dienone is 8. The largest absolute Gasteiger partial charge is 0.462 e. The first-order valence-corrected chi connectivity index (χ1v) is 26.9. The van der Waals surface area contributed by atoms with Gasteiger partial charge in [-0.3, -0.25) is 9.59 Å². The summed E-state index contributed by atoms with van der Waals surface area (Å²) in [6, 6.07) is -0.713. The molecule has 0 aromatic carbocycles. The van der Waals surface area contributed by atoms with Crippen LogP contribution in [0.3, 0.4) is 0 Å². The average Bonchev–Trinajstić information content (AvgIpc) is 3.26. The Morgan fingerprint density at radius 1 is 0.468 bits per heavy atom. The van der Waals surface area contributed by atoms with Gasteiger partial charge < -0.3 is 20.3 Å².